The van der Waals surface area contributed by atoms with Gasteiger partial charge < -0.3 is 5.32 Å². The number of aromatic nitrogens is 1. The van der Waals surface area contributed by atoms with Gasteiger partial charge in [0.05, 0.1) is 4.90 Å². The van der Waals surface area contributed by atoms with Crippen LogP contribution in [0.5, 0.6) is 0 Å². The molecule has 1 atom stereocenters. The Morgan fingerprint density at radius 2 is 1.71 bits per heavy atom. The molecule has 0 radical (unpaired) electrons. The number of benzene rings is 3. The molecule has 0 bridgehead atoms. The van der Waals surface area contributed by atoms with Gasteiger partial charge in [0.2, 0.25) is 15.9 Å². The number of nitrogens with zero attached hydrogens (tertiary/aromatic N) is 2. The quantitative estimate of drug-likeness (QED) is 0.421. The fourth-order valence-corrected chi connectivity index (χ4v) is 6.47. The van der Waals surface area contributed by atoms with Crippen LogP contribution in [0.15, 0.2) is 77.0 Å². The minimum Gasteiger partial charge on any atom is -0.301 e. The highest BCUT2D eigenvalue weighted by Crippen LogP contribution is 2.31. The van der Waals surface area contributed by atoms with Crippen LogP contribution < -0.4 is 5.32 Å². The molecule has 1 amide bonds. The van der Waals surface area contributed by atoms with Crippen molar-refractivity contribution in [3.05, 3.63) is 88.9 Å². The molecule has 1 aliphatic rings. The molecule has 7 nitrogen and oxygen atoms in total. The molecule has 0 aliphatic carbocycles. The molecule has 1 N–H and O–H groups in total. The Labute approximate surface area is 201 Å². The molecule has 2 heterocycles. The lowest BCUT2D eigenvalue weighted by Crippen LogP contribution is -2.50. The van der Waals surface area contributed by atoms with E-state index in [0.717, 1.165) is 33.2 Å². The third-order valence-electron chi connectivity index (χ3n) is 5.93. The summed E-state index contributed by atoms with van der Waals surface area (Å²) in [7, 11) is -3.99. The molecule has 172 valence electrons. The van der Waals surface area contributed by atoms with Crippen molar-refractivity contribution in [2.24, 2.45) is 0 Å². The van der Waals surface area contributed by atoms with Gasteiger partial charge in [-0.25, -0.2) is 13.4 Å². The summed E-state index contributed by atoms with van der Waals surface area (Å²) in [6.07, 6.45) is 0.236. The van der Waals surface area contributed by atoms with Crippen LogP contribution in [0.2, 0.25) is 0 Å². The van der Waals surface area contributed by atoms with Gasteiger partial charge >= 0.3 is 0 Å². The predicted molar refractivity (Wildman–Crippen MR) is 131 cm³/mol. The molecule has 1 aromatic heterocycles. The first kappa shape index (κ1) is 22.4. The topological polar surface area (TPSA) is 96.4 Å². The van der Waals surface area contributed by atoms with E-state index in [1.807, 2.05) is 48.5 Å². The van der Waals surface area contributed by atoms with Crippen LogP contribution in [-0.2, 0) is 27.8 Å². The highest BCUT2D eigenvalue weighted by molar-refractivity contribution is 7.89. The maximum Gasteiger partial charge on any atom is 0.244 e. The van der Waals surface area contributed by atoms with Crippen LogP contribution in [0, 0.1) is 0 Å². The highest BCUT2D eigenvalue weighted by Gasteiger charge is 2.40. The molecule has 0 saturated heterocycles. The highest BCUT2D eigenvalue weighted by atomic mass is 32.2. The standard InChI is InChI=1S/C25H21N3O4S2/c1-16(29)22-15-33-25(26-22)27-24(30)23-13-19-8-4-5-9-20(19)14-28(23)34(31,32)21-11-10-17-6-2-3-7-18(17)12-21/h2-12,15,23H,13-14H2,1H3,(H,26,27,30)/t23-/m0/s1. The lowest BCUT2D eigenvalue weighted by atomic mass is 9.95. The zero-order valence-corrected chi connectivity index (χ0v) is 19.9. The summed E-state index contributed by atoms with van der Waals surface area (Å²) in [6.45, 7) is 1.48. The number of sulfonamides is 1. The van der Waals surface area contributed by atoms with Gasteiger partial charge in [0.15, 0.2) is 10.9 Å². The van der Waals surface area contributed by atoms with Crippen LogP contribution in [0.1, 0.15) is 28.5 Å². The lowest BCUT2D eigenvalue weighted by Gasteiger charge is -2.34. The predicted octanol–water partition coefficient (Wildman–Crippen LogP) is 4.25. The Morgan fingerprint density at radius 3 is 2.44 bits per heavy atom. The van der Waals surface area contributed by atoms with Crippen LogP contribution in [0.4, 0.5) is 5.13 Å². The van der Waals surface area contributed by atoms with E-state index >= 15 is 0 Å². The third-order valence-corrected chi connectivity index (χ3v) is 8.54. The van der Waals surface area contributed by atoms with E-state index in [1.54, 1.807) is 23.6 Å². The number of nitrogens with one attached hydrogen (secondary N) is 1. The van der Waals surface area contributed by atoms with Crippen molar-refractivity contribution in [1.82, 2.24) is 9.29 Å². The average molecular weight is 492 g/mol. The number of hydrogen-bond donors (Lipinski definition) is 1. The number of anilines is 1. The van der Waals surface area contributed by atoms with E-state index in [9.17, 15) is 18.0 Å². The molecule has 0 spiro atoms. The minimum atomic E-state index is -3.99. The van der Waals surface area contributed by atoms with Gasteiger partial charge in [-0.1, -0.05) is 54.6 Å². The van der Waals surface area contributed by atoms with Gasteiger partial charge in [0.25, 0.3) is 0 Å². The number of rotatable bonds is 5. The van der Waals surface area contributed by atoms with Crippen LogP contribution in [0.3, 0.4) is 0 Å². The van der Waals surface area contributed by atoms with Gasteiger partial charge in [0.1, 0.15) is 11.7 Å². The Morgan fingerprint density at radius 1 is 1.00 bits per heavy atom. The summed E-state index contributed by atoms with van der Waals surface area (Å²) in [5, 5.41) is 6.28. The van der Waals surface area contributed by atoms with Crippen molar-refractivity contribution in [2.75, 3.05) is 5.32 Å². The first-order valence-electron chi connectivity index (χ1n) is 10.7. The summed E-state index contributed by atoms with van der Waals surface area (Å²) < 4.78 is 28.8. The zero-order chi connectivity index (χ0) is 23.9. The number of Topliss-reactive ketones (excluding diaryl/α,β-unsaturated/α-hetero) is 1. The number of carbonyl (C=O) groups is 2. The van der Waals surface area contributed by atoms with E-state index in [1.165, 1.54) is 11.2 Å². The van der Waals surface area contributed by atoms with Gasteiger partial charge in [-0.15, -0.1) is 11.3 Å². The number of thiazole rings is 1. The maximum absolute atomic E-state index is 13.8. The Balaban J connectivity index is 1.52. The second-order valence-electron chi connectivity index (χ2n) is 8.13. The van der Waals surface area contributed by atoms with Crippen molar-refractivity contribution in [3.8, 4) is 0 Å². The third kappa shape index (κ3) is 4.13. The van der Waals surface area contributed by atoms with Crippen molar-refractivity contribution in [2.45, 2.75) is 30.8 Å². The van der Waals surface area contributed by atoms with E-state index < -0.39 is 22.0 Å². The van der Waals surface area contributed by atoms with Crippen LogP contribution in [0.25, 0.3) is 10.8 Å². The van der Waals surface area contributed by atoms with Crippen LogP contribution in [-0.4, -0.2) is 35.4 Å². The van der Waals surface area contributed by atoms with E-state index in [-0.39, 0.29) is 34.5 Å². The summed E-state index contributed by atoms with van der Waals surface area (Å²) in [5.74, 6) is -0.688. The monoisotopic (exact) mass is 491 g/mol. The zero-order valence-electron chi connectivity index (χ0n) is 18.3. The van der Waals surface area contributed by atoms with E-state index in [4.69, 9.17) is 0 Å². The molecule has 0 unspecified atom stereocenters. The first-order chi connectivity index (χ1) is 16.3. The molecule has 0 saturated carbocycles. The normalized spacial score (nSPS) is 16.2. The average Bonchev–Trinajstić information content (AvgIpc) is 3.31. The molecule has 0 fully saturated rings. The summed E-state index contributed by atoms with van der Waals surface area (Å²) in [4.78, 5) is 29.2. The second kappa shape index (κ2) is 8.75. The van der Waals surface area contributed by atoms with Crippen molar-refractivity contribution < 1.29 is 18.0 Å². The lowest BCUT2D eigenvalue weighted by molar-refractivity contribution is -0.120. The number of carbonyl (C=O) groups excluding carboxylic acids is 2. The molecule has 5 rings (SSSR count). The summed E-state index contributed by atoms with van der Waals surface area (Å²) in [6, 6.07) is 19.1. The Kier molecular flexibility index (Phi) is 5.76. The fraction of sp³-hybridized carbons (Fsp3) is 0.160. The van der Waals surface area contributed by atoms with E-state index in [2.05, 4.69) is 10.3 Å². The SMILES string of the molecule is CC(=O)c1csc(NC(=O)[C@@H]2Cc3ccccc3CN2S(=O)(=O)c2ccc3ccccc3c2)n1. The van der Waals surface area contributed by atoms with Gasteiger partial charge in [0, 0.05) is 18.8 Å². The first-order valence-corrected chi connectivity index (χ1v) is 13.0. The van der Waals surface area contributed by atoms with Gasteiger partial charge in [-0.3, -0.25) is 9.59 Å². The number of amides is 1. The van der Waals surface area contributed by atoms with E-state index in [0.29, 0.717) is 0 Å². The van der Waals surface area contributed by atoms with Crippen molar-refractivity contribution in [1.29, 1.82) is 0 Å². The number of ketones is 1. The smallest absolute Gasteiger partial charge is 0.244 e. The Hall–Kier alpha value is -3.40. The maximum atomic E-state index is 13.8. The largest absolute Gasteiger partial charge is 0.301 e. The van der Waals surface area contributed by atoms with Crippen molar-refractivity contribution >= 4 is 49.0 Å². The Bertz CT molecular complexity index is 1530. The van der Waals surface area contributed by atoms with Crippen LogP contribution >= 0.6 is 11.3 Å². The molecular formula is C25H21N3O4S2. The summed E-state index contributed by atoms with van der Waals surface area (Å²) >= 11 is 1.13. The van der Waals surface area contributed by atoms with Crippen molar-refractivity contribution in [3.63, 3.8) is 0 Å². The van der Waals surface area contributed by atoms with Gasteiger partial charge in [-0.05, 0) is 40.5 Å². The second-order valence-corrected chi connectivity index (χ2v) is 10.9. The number of fused-ring (bicyclic) bond motifs is 2. The molecular weight excluding hydrogens is 470 g/mol. The molecule has 1 aliphatic heterocycles. The molecule has 4 aromatic rings. The summed E-state index contributed by atoms with van der Waals surface area (Å²) in [5.41, 5.74) is 2.05. The minimum absolute atomic E-state index is 0.0833. The number of hydrogen-bond acceptors (Lipinski definition) is 6. The molecule has 9 heteroatoms. The van der Waals surface area contributed by atoms with Gasteiger partial charge in [-0.2, -0.15) is 4.31 Å². The molecule has 34 heavy (non-hydrogen) atoms. The molecule has 3 aromatic carbocycles. The fourth-order valence-electron chi connectivity index (χ4n) is 4.12.